The second-order valence-electron chi connectivity index (χ2n) is 1.90. The van der Waals surface area contributed by atoms with Gasteiger partial charge in [-0.3, -0.25) is 0 Å². The molecule has 0 aliphatic carbocycles. The second-order valence-corrected chi connectivity index (χ2v) is 1.90. The monoisotopic (exact) mass is 156 g/mol. The van der Waals surface area contributed by atoms with E-state index in [1.807, 2.05) is 0 Å². The summed E-state index contributed by atoms with van der Waals surface area (Å²) in [5.74, 6) is 0. The molecule has 0 atom stereocenters. The topological polar surface area (TPSA) is 38.0 Å². The largest absolute Gasteiger partial charge is 0.390 e. The summed E-state index contributed by atoms with van der Waals surface area (Å²) in [5.41, 5.74) is 5.03. The van der Waals surface area contributed by atoms with Gasteiger partial charge in [-0.2, -0.15) is 13.2 Å². The Hall–Kier alpha value is -0.290. The Morgan fingerprint density at radius 3 is 2.20 bits per heavy atom. The van der Waals surface area contributed by atoms with Crippen LogP contribution in [-0.4, -0.2) is 25.8 Å². The van der Waals surface area contributed by atoms with Gasteiger partial charge in [0.2, 0.25) is 0 Å². The molecule has 0 aromatic carbocycles. The van der Waals surface area contributed by atoms with Crippen LogP contribution in [0.4, 0.5) is 13.2 Å². The molecular weight excluding hydrogens is 145 g/mol. The van der Waals surface area contributed by atoms with Gasteiger partial charge in [0.1, 0.15) is 0 Å². The highest BCUT2D eigenvalue weighted by Crippen LogP contribution is 2.17. The SMILES string of the molecule is NCCNCCC(F)(F)F. The van der Waals surface area contributed by atoms with Crippen LogP contribution < -0.4 is 11.1 Å². The summed E-state index contributed by atoms with van der Waals surface area (Å²) in [6.07, 6.45) is -4.84. The van der Waals surface area contributed by atoms with Gasteiger partial charge in [-0.1, -0.05) is 0 Å². The van der Waals surface area contributed by atoms with Crippen LogP contribution in [0.15, 0.2) is 0 Å². The molecule has 0 aliphatic rings. The zero-order valence-electron chi connectivity index (χ0n) is 5.54. The first-order valence-corrected chi connectivity index (χ1v) is 3.04. The van der Waals surface area contributed by atoms with Crippen LogP contribution in [0, 0.1) is 0 Å². The lowest BCUT2D eigenvalue weighted by atomic mass is 10.4. The Kier molecular flexibility index (Phi) is 4.38. The summed E-state index contributed by atoms with van der Waals surface area (Å²) in [7, 11) is 0. The molecule has 0 fully saturated rings. The maximum absolute atomic E-state index is 11.4. The quantitative estimate of drug-likeness (QED) is 0.581. The van der Waals surface area contributed by atoms with E-state index in [4.69, 9.17) is 5.73 Å². The third-order valence-electron chi connectivity index (χ3n) is 0.906. The first-order valence-electron chi connectivity index (χ1n) is 3.04. The number of hydrogen-bond donors (Lipinski definition) is 2. The van der Waals surface area contributed by atoms with Crippen molar-refractivity contribution < 1.29 is 13.2 Å². The number of rotatable bonds is 4. The molecule has 0 saturated heterocycles. The van der Waals surface area contributed by atoms with E-state index < -0.39 is 12.6 Å². The lowest BCUT2D eigenvalue weighted by Crippen LogP contribution is -2.26. The number of alkyl halides is 3. The van der Waals surface area contributed by atoms with Crippen LogP contribution in [-0.2, 0) is 0 Å². The second kappa shape index (κ2) is 4.51. The molecule has 0 unspecified atom stereocenters. The van der Waals surface area contributed by atoms with E-state index in [0.29, 0.717) is 13.1 Å². The van der Waals surface area contributed by atoms with Crippen LogP contribution in [0.25, 0.3) is 0 Å². The molecular formula is C5H11F3N2. The Morgan fingerprint density at radius 1 is 1.20 bits per heavy atom. The molecule has 0 rings (SSSR count). The normalized spacial score (nSPS) is 12.0. The van der Waals surface area contributed by atoms with E-state index in [2.05, 4.69) is 5.32 Å². The van der Waals surface area contributed by atoms with Gasteiger partial charge in [-0.05, 0) is 0 Å². The summed E-state index contributed by atoms with van der Waals surface area (Å²) < 4.78 is 34.2. The highest BCUT2D eigenvalue weighted by atomic mass is 19.4. The minimum Gasteiger partial charge on any atom is -0.329 e. The number of nitrogens with two attached hydrogens (primary N) is 1. The molecule has 0 radical (unpaired) electrons. The smallest absolute Gasteiger partial charge is 0.329 e. The lowest BCUT2D eigenvalue weighted by molar-refractivity contribution is -0.133. The summed E-state index contributed by atoms with van der Waals surface area (Å²) >= 11 is 0. The van der Waals surface area contributed by atoms with E-state index in [9.17, 15) is 13.2 Å². The maximum Gasteiger partial charge on any atom is 0.390 e. The van der Waals surface area contributed by atoms with Crippen LogP contribution in [0.5, 0.6) is 0 Å². The molecule has 0 bridgehead atoms. The van der Waals surface area contributed by atoms with Crippen LogP contribution in [0.2, 0.25) is 0 Å². The molecule has 0 aliphatic heterocycles. The molecule has 5 heteroatoms. The van der Waals surface area contributed by atoms with Crippen molar-refractivity contribution in [2.24, 2.45) is 5.73 Å². The van der Waals surface area contributed by atoms with E-state index in [1.54, 1.807) is 0 Å². The van der Waals surface area contributed by atoms with Crippen molar-refractivity contribution in [3.8, 4) is 0 Å². The number of nitrogens with one attached hydrogen (secondary N) is 1. The first kappa shape index (κ1) is 9.71. The average molecular weight is 156 g/mol. The molecule has 2 nitrogen and oxygen atoms in total. The highest BCUT2D eigenvalue weighted by molar-refractivity contribution is 4.54. The fraction of sp³-hybridized carbons (Fsp3) is 1.00. The van der Waals surface area contributed by atoms with Gasteiger partial charge in [-0.25, -0.2) is 0 Å². The van der Waals surface area contributed by atoms with Gasteiger partial charge in [0, 0.05) is 19.6 Å². The van der Waals surface area contributed by atoms with Gasteiger partial charge in [0.15, 0.2) is 0 Å². The Morgan fingerprint density at radius 2 is 1.80 bits per heavy atom. The molecule has 0 aromatic heterocycles. The minimum atomic E-state index is -4.05. The third-order valence-corrected chi connectivity index (χ3v) is 0.906. The third kappa shape index (κ3) is 7.71. The minimum absolute atomic E-state index is 0.0410. The van der Waals surface area contributed by atoms with Gasteiger partial charge in [0.25, 0.3) is 0 Å². The van der Waals surface area contributed by atoms with Crippen molar-refractivity contribution in [1.29, 1.82) is 0 Å². The fourth-order valence-electron chi connectivity index (χ4n) is 0.457. The van der Waals surface area contributed by atoms with E-state index in [0.717, 1.165) is 0 Å². The summed E-state index contributed by atoms with van der Waals surface area (Å²) in [4.78, 5) is 0. The van der Waals surface area contributed by atoms with Crippen molar-refractivity contribution >= 4 is 0 Å². The molecule has 62 valence electrons. The molecule has 10 heavy (non-hydrogen) atoms. The lowest BCUT2D eigenvalue weighted by Gasteiger charge is -2.05. The average Bonchev–Trinajstić information content (AvgIpc) is 1.78. The summed E-state index contributed by atoms with van der Waals surface area (Å²) in [6, 6.07) is 0. The van der Waals surface area contributed by atoms with Crippen molar-refractivity contribution in [3.63, 3.8) is 0 Å². The first-order chi connectivity index (χ1) is 4.56. The van der Waals surface area contributed by atoms with E-state index in [1.165, 1.54) is 0 Å². The van der Waals surface area contributed by atoms with Crippen LogP contribution in [0.3, 0.4) is 0 Å². The zero-order valence-corrected chi connectivity index (χ0v) is 5.54. The molecule has 0 aromatic rings. The number of hydrogen-bond acceptors (Lipinski definition) is 2. The van der Waals surface area contributed by atoms with Crippen LogP contribution >= 0.6 is 0 Å². The Bertz CT molecular complexity index is 81.5. The maximum atomic E-state index is 11.4. The van der Waals surface area contributed by atoms with Crippen molar-refractivity contribution in [2.45, 2.75) is 12.6 Å². The van der Waals surface area contributed by atoms with Gasteiger partial charge >= 0.3 is 6.18 Å². The predicted molar refractivity (Wildman–Crippen MR) is 32.6 cm³/mol. The standard InChI is InChI=1S/C5H11F3N2/c6-5(7,8)1-3-10-4-2-9/h10H,1-4,9H2. The highest BCUT2D eigenvalue weighted by Gasteiger charge is 2.25. The Balaban J connectivity index is 3.04. The van der Waals surface area contributed by atoms with Gasteiger partial charge in [0.05, 0.1) is 6.42 Å². The molecule has 0 heterocycles. The van der Waals surface area contributed by atoms with Crippen molar-refractivity contribution in [3.05, 3.63) is 0 Å². The molecule has 0 spiro atoms. The fourth-order valence-corrected chi connectivity index (χ4v) is 0.457. The Labute approximate surface area is 57.6 Å². The van der Waals surface area contributed by atoms with Crippen molar-refractivity contribution in [2.75, 3.05) is 19.6 Å². The van der Waals surface area contributed by atoms with E-state index in [-0.39, 0.29) is 6.54 Å². The molecule has 0 saturated carbocycles. The van der Waals surface area contributed by atoms with Crippen molar-refractivity contribution in [1.82, 2.24) is 5.32 Å². The predicted octanol–water partition coefficient (Wildman–Crippen LogP) is 0.487. The van der Waals surface area contributed by atoms with E-state index >= 15 is 0 Å². The summed E-state index contributed by atoms with van der Waals surface area (Å²) in [5, 5.41) is 2.55. The van der Waals surface area contributed by atoms with Crippen LogP contribution in [0.1, 0.15) is 6.42 Å². The molecule has 0 amide bonds. The zero-order chi connectivity index (χ0) is 8.04. The summed E-state index contributed by atoms with van der Waals surface area (Å²) in [6.45, 7) is 0.772. The molecule has 3 N–H and O–H groups in total. The number of halogens is 3. The van der Waals surface area contributed by atoms with Gasteiger partial charge < -0.3 is 11.1 Å². The van der Waals surface area contributed by atoms with Gasteiger partial charge in [-0.15, -0.1) is 0 Å².